The first-order chi connectivity index (χ1) is 8.25. The van der Waals surface area contributed by atoms with Gasteiger partial charge in [0.15, 0.2) is 0 Å². The number of rotatable bonds is 2. The summed E-state index contributed by atoms with van der Waals surface area (Å²) in [5.74, 6) is 1.54. The monoisotopic (exact) mass is 248 g/mol. The van der Waals surface area contributed by atoms with Gasteiger partial charge in [-0.05, 0) is 17.5 Å². The molecule has 1 aliphatic heterocycles. The minimum Gasteiger partial charge on any atom is -0.492 e. The Bertz CT molecular complexity index is 481. The summed E-state index contributed by atoms with van der Waals surface area (Å²) in [6, 6.07) is 3.81. The SMILES string of the molecule is CC(C)(C)c1cc(OC=O)cc2c1OCC2(C)C. The predicted octanol–water partition coefficient (Wildman–Crippen LogP) is 3.19. The van der Waals surface area contributed by atoms with Crippen LogP contribution >= 0.6 is 0 Å². The molecular formula is C15H20O3. The first-order valence-electron chi connectivity index (χ1n) is 6.18. The Morgan fingerprint density at radius 2 is 2.00 bits per heavy atom. The molecule has 3 nitrogen and oxygen atoms in total. The summed E-state index contributed by atoms with van der Waals surface area (Å²) < 4.78 is 10.9. The fourth-order valence-electron chi connectivity index (χ4n) is 2.27. The molecule has 0 radical (unpaired) electrons. The predicted molar refractivity (Wildman–Crippen MR) is 70.4 cm³/mol. The molecule has 1 aromatic carbocycles. The van der Waals surface area contributed by atoms with Crippen molar-refractivity contribution < 1.29 is 14.3 Å². The lowest BCUT2D eigenvalue weighted by Gasteiger charge is -2.23. The molecule has 1 heterocycles. The van der Waals surface area contributed by atoms with E-state index in [1.807, 2.05) is 12.1 Å². The summed E-state index contributed by atoms with van der Waals surface area (Å²) in [7, 11) is 0. The molecule has 2 rings (SSSR count). The van der Waals surface area contributed by atoms with Crippen LogP contribution in [0.4, 0.5) is 0 Å². The molecule has 0 atom stereocenters. The van der Waals surface area contributed by atoms with Gasteiger partial charge < -0.3 is 9.47 Å². The molecule has 18 heavy (non-hydrogen) atoms. The molecule has 0 aromatic heterocycles. The van der Waals surface area contributed by atoms with Crippen molar-refractivity contribution in [1.82, 2.24) is 0 Å². The summed E-state index contributed by atoms with van der Waals surface area (Å²) in [5, 5.41) is 0. The molecule has 0 saturated heterocycles. The number of fused-ring (bicyclic) bond motifs is 1. The maximum atomic E-state index is 10.5. The van der Waals surface area contributed by atoms with Gasteiger partial charge in [0.1, 0.15) is 11.5 Å². The van der Waals surface area contributed by atoms with Crippen molar-refractivity contribution in [1.29, 1.82) is 0 Å². The zero-order valence-electron chi connectivity index (χ0n) is 11.7. The summed E-state index contributed by atoms with van der Waals surface area (Å²) in [5.41, 5.74) is 2.11. The molecule has 0 spiro atoms. The fourth-order valence-corrected chi connectivity index (χ4v) is 2.27. The highest BCUT2D eigenvalue weighted by Gasteiger charge is 2.36. The largest absolute Gasteiger partial charge is 0.492 e. The molecule has 1 aliphatic rings. The van der Waals surface area contributed by atoms with Gasteiger partial charge in [0, 0.05) is 16.5 Å². The molecule has 98 valence electrons. The average Bonchev–Trinajstić information content (AvgIpc) is 2.54. The molecule has 0 saturated carbocycles. The van der Waals surface area contributed by atoms with Crippen molar-refractivity contribution in [3.63, 3.8) is 0 Å². The molecular weight excluding hydrogens is 228 g/mol. The number of hydrogen-bond acceptors (Lipinski definition) is 3. The lowest BCUT2D eigenvalue weighted by molar-refractivity contribution is -0.120. The quantitative estimate of drug-likeness (QED) is 0.754. The second-order valence-electron chi connectivity index (χ2n) is 6.48. The minimum atomic E-state index is -0.0489. The van der Waals surface area contributed by atoms with E-state index in [0.717, 1.165) is 16.9 Å². The third kappa shape index (κ3) is 2.09. The molecule has 3 heteroatoms. The minimum absolute atomic E-state index is 0.0441. The molecule has 0 fully saturated rings. The average molecular weight is 248 g/mol. The Hall–Kier alpha value is -1.51. The standard InChI is InChI=1S/C15H20O3/c1-14(2,3)11-6-10(18-9-16)7-12-13(11)17-8-15(12,4)5/h6-7,9H,8H2,1-5H3. The molecule has 0 aliphatic carbocycles. The maximum absolute atomic E-state index is 10.5. The highest BCUT2D eigenvalue weighted by atomic mass is 16.5. The van der Waals surface area contributed by atoms with Crippen LogP contribution in [0.25, 0.3) is 0 Å². The van der Waals surface area contributed by atoms with Crippen molar-refractivity contribution in [2.45, 2.75) is 45.4 Å². The van der Waals surface area contributed by atoms with Gasteiger partial charge in [0.2, 0.25) is 0 Å². The van der Waals surface area contributed by atoms with E-state index in [-0.39, 0.29) is 10.8 Å². The van der Waals surface area contributed by atoms with Crippen molar-refractivity contribution >= 4 is 6.47 Å². The van der Waals surface area contributed by atoms with Crippen LogP contribution in [0.2, 0.25) is 0 Å². The Morgan fingerprint density at radius 1 is 1.33 bits per heavy atom. The van der Waals surface area contributed by atoms with Crippen LogP contribution in [0, 0.1) is 0 Å². The third-order valence-corrected chi connectivity index (χ3v) is 3.36. The zero-order chi connectivity index (χ0) is 13.6. The first-order valence-corrected chi connectivity index (χ1v) is 6.18. The van der Waals surface area contributed by atoms with Gasteiger partial charge in [-0.3, -0.25) is 4.79 Å². The van der Waals surface area contributed by atoms with Gasteiger partial charge >= 0.3 is 0 Å². The van der Waals surface area contributed by atoms with E-state index in [0.29, 0.717) is 18.8 Å². The molecule has 0 N–H and O–H groups in total. The van der Waals surface area contributed by atoms with Gasteiger partial charge in [-0.2, -0.15) is 0 Å². The molecule has 0 bridgehead atoms. The number of carbonyl (C=O) groups excluding carboxylic acids is 1. The summed E-state index contributed by atoms with van der Waals surface area (Å²) in [4.78, 5) is 10.5. The first kappa shape index (κ1) is 12.9. The Balaban J connectivity index is 2.64. The number of benzene rings is 1. The van der Waals surface area contributed by atoms with Gasteiger partial charge in [-0.25, -0.2) is 0 Å². The highest BCUT2D eigenvalue weighted by molar-refractivity contribution is 5.57. The number of hydrogen-bond donors (Lipinski definition) is 0. The Kier molecular flexibility index (Phi) is 2.88. The van der Waals surface area contributed by atoms with Gasteiger partial charge in [-0.15, -0.1) is 0 Å². The normalized spacial score (nSPS) is 16.9. The van der Waals surface area contributed by atoms with Crippen LogP contribution in [0.15, 0.2) is 12.1 Å². The zero-order valence-corrected chi connectivity index (χ0v) is 11.7. The smallest absolute Gasteiger partial charge is 0.298 e. The van der Waals surface area contributed by atoms with Crippen LogP contribution in [-0.2, 0) is 15.6 Å². The Labute approximate surface area is 108 Å². The highest BCUT2D eigenvalue weighted by Crippen LogP contribution is 2.46. The summed E-state index contributed by atoms with van der Waals surface area (Å²) in [6.45, 7) is 11.8. The van der Waals surface area contributed by atoms with Crippen LogP contribution in [0.5, 0.6) is 11.5 Å². The topological polar surface area (TPSA) is 35.5 Å². The molecule has 1 aromatic rings. The van der Waals surface area contributed by atoms with Crippen molar-refractivity contribution in [2.24, 2.45) is 0 Å². The van der Waals surface area contributed by atoms with E-state index in [1.54, 1.807) is 0 Å². The fraction of sp³-hybridized carbons (Fsp3) is 0.533. The lowest BCUT2D eigenvalue weighted by atomic mass is 9.80. The third-order valence-electron chi connectivity index (χ3n) is 3.36. The number of ether oxygens (including phenoxy) is 2. The van der Waals surface area contributed by atoms with E-state index in [9.17, 15) is 4.79 Å². The van der Waals surface area contributed by atoms with E-state index in [4.69, 9.17) is 9.47 Å². The van der Waals surface area contributed by atoms with Crippen LogP contribution in [0.1, 0.15) is 45.7 Å². The second-order valence-corrected chi connectivity index (χ2v) is 6.48. The molecule has 0 amide bonds. The molecule has 0 unspecified atom stereocenters. The van der Waals surface area contributed by atoms with Crippen molar-refractivity contribution in [3.8, 4) is 11.5 Å². The van der Waals surface area contributed by atoms with Crippen molar-refractivity contribution in [2.75, 3.05) is 6.61 Å². The maximum Gasteiger partial charge on any atom is 0.298 e. The van der Waals surface area contributed by atoms with Crippen LogP contribution in [0.3, 0.4) is 0 Å². The van der Waals surface area contributed by atoms with E-state index in [1.165, 1.54) is 0 Å². The lowest BCUT2D eigenvalue weighted by Crippen LogP contribution is -2.18. The Morgan fingerprint density at radius 3 is 2.56 bits per heavy atom. The van der Waals surface area contributed by atoms with Crippen LogP contribution < -0.4 is 9.47 Å². The second kappa shape index (κ2) is 4.01. The van der Waals surface area contributed by atoms with Gasteiger partial charge in [0.25, 0.3) is 6.47 Å². The van der Waals surface area contributed by atoms with Gasteiger partial charge in [-0.1, -0.05) is 34.6 Å². The summed E-state index contributed by atoms with van der Waals surface area (Å²) >= 11 is 0. The summed E-state index contributed by atoms with van der Waals surface area (Å²) in [6.07, 6.45) is 0. The van der Waals surface area contributed by atoms with Gasteiger partial charge in [0.05, 0.1) is 6.61 Å². The van der Waals surface area contributed by atoms with Crippen LogP contribution in [-0.4, -0.2) is 13.1 Å². The van der Waals surface area contributed by atoms with Crippen molar-refractivity contribution in [3.05, 3.63) is 23.3 Å². The number of carbonyl (C=O) groups is 1. The van der Waals surface area contributed by atoms with E-state index >= 15 is 0 Å². The van der Waals surface area contributed by atoms with E-state index in [2.05, 4.69) is 34.6 Å². The van der Waals surface area contributed by atoms with E-state index < -0.39 is 0 Å².